The normalized spacial score (nSPS) is 10.3. The third-order valence-corrected chi connectivity index (χ3v) is 4.48. The number of anilines is 1. The van der Waals surface area contributed by atoms with Gasteiger partial charge in [0.1, 0.15) is 24.2 Å². The molecule has 31 heavy (non-hydrogen) atoms. The number of carbonyl (C=O) groups is 1. The van der Waals surface area contributed by atoms with Crippen LogP contribution >= 0.6 is 0 Å². The molecule has 0 spiro atoms. The van der Waals surface area contributed by atoms with Crippen LogP contribution in [0.2, 0.25) is 0 Å². The first-order valence-corrected chi connectivity index (χ1v) is 9.32. The van der Waals surface area contributed by atoms with Gasteiger partial charge in [0.05, 0.1) is 28.7 Å². The van der Waals surface area contributed by atoms with Crippen LogP contribution in [0.25, 0.3) is 5.69 Å². The molecule has 2 aromatic carbocycles. The predicted molar refractivity (Wildman–Crippen MR) is 118 cm³/mol. The molecule has 0 bridgehead atoms. The van der Waals surface area contributed by atoms with Gasteiger partial charge >= 0.3 is 0 Å². The van der Waals surface area contributed by atoms with Gasteiger partial charge in [-0.05, 0) is 63.5 Å². The van der Waals surface area contributed by atoms with E-state index in [0.29, 0.717) is 40.6 Å². The van der Waals surface area contributed by atoms with Gasteiger partial charge in [0.25, 0.3) is 5.91 Å². The number of halogens is 1. The molecule has 0 fully saturated rings. The van der Waals surface area contributed by atoms with Gasteiger partial charge in [0.2, 0.25) is 0 Å². The zero-order valence-electron chi connectivity index (χ0n) is 17.0. The molecule has 0 aliphatic rings. The number of nitriles is 1. The van der Waals surface area contributed by atoms with Gasteiger partial charge in [0.15, 0.2) is 0 Å². The molecule has 0 atom stereocenters. The molecule has 1 heterocycles. The van der Waals surface area contributed by atoms with Crippen molar-refractivity contribution in [2.24, 2.45) is 0 Å². The van der Waals surface area contributed by atoms with Crippen LogP contribution in [0.1, 0.15) is 29.0 Å². The summed E-state index contributed by atoms with van der Waals surface area (Å²) in [5, 5.41) is 16.4. The molecule has 0 radical (unpaired) electrons. The molecule has 8 heteroatoms. The van der Waals surface area contributed by atoms with Crippen molar-refractivity contribution in [3.63, 3.8) is 0 Å². The second kappa shape index (κ2) is 10.4. The monoisotopic (exact) mass is 423 g/mol. The fraction of sp³-hybridized carbons (Fsp3) is 0.261. The first kappa shape index (κ1) is 23.6. The van der Waals surface area contributed by atoms with E-state index in [-0.39, 0.29) is 19.2 Å². The second-order valence-electron chi connectivity index (χ2n) is 6.96. The van der Waals surface area contributed by atoms with Crippen molar-refractivity contribution in [1.82, 2.24) is 14.7 Å². The molecular weight excluding hydrogens is 397 g/mol. The van der Waals surface area contributed by atoms with Crippen LogP contribution in [0, 0.1) is 24.1 Å². The van der Waals surface area contributed by atoms with E-state index in [1.807, 2.05) is 19.0 Å². The maximum Gasteiger partial charge on any atom is 0.259 e. The summed E-state index contributed by atoms with van der Waals surface area (Å²) in [6.07, 6.45) is 1.46. The van der Waals surface area contributed by atoms with Crippen molar-refractivity contribution in [1.29, 1.82) is 5.26 Å². The Hall–Kier alpha value is -3.70. The van der Waals surface area contributed by atoms with Gasteiger partial charge < -0.3 is 15.0 Å². The van der Waals surface area contributed by atoms with Crippen molar-refractivity contribution in [2.45, 2.75) is 14.4 Å². The van der Waals surface area contributed by atoms with E-state index in [1.54, 1.807) is 41.9 Å². The second-order valence-corrected chi connectivity index (χ2v) is 6.96. The number of ether oxygens (including phenoxy) is 1. The third kappa shape index (κ3) is 5.68. The fourth-order valence-corrected chi connectivity index (χ4v) is 2.83. The van der Waals surface area contributed by atoms with Crippen molar-refractivity contribution >= 4 is 11.6 Å². The van der Waals surface area contributed by atoms with Crippen LogP contribution in [0.15, 0.2) is 48.7 Å². The Morgan fingerprint density at radius 1 is 1.26 bits per heavy atom. The van der Waals surface area contributed by atoms with Gasteiger partial charge in [-0.1, -0.05) is 7.43 Å². The van der Waals surface area contributed by atoms with E-state index in [2.05, 4.69) is 16.5 Å². The van der Waals surface area contributed by atoms with Crippen molar-refractivity contribution < 1.29 is 13.9 Å². The van der Waals surface area contributed by atoms with Gasteiger partial charge in [-0.3, -0.25) is 4.79 Å². The standard InChI is InChI=1S/C22H22FN5O2.CH4/c1-15-20(14-25-28(15)19-7-4-17(23)5-8-19)22(29)26-18-6-9-21(16(12-18)13-24)30-11-10-27(2)3;/h4-9,12,14H,10-11H2,1-3H3,(H,26,29);1H4. The van der Waals surface area contributed by atoms with E-state index < -0.39 is 0 Å². The number of amides is 1. The zero-order chi connectivity index (χ0) is 21.7. The lowest BCUT2D eigenvalue weighted by atomic mass is 10.1. The number of nitrogens with one attached hydrogen (secondary N) is 1. The minimum absolute atomic E-state index is 0. The highest BCUT2D eigenvalue weighted by molar-refractivity contribution is 6.05. The summed E-state index contributed by atoms with van der Waals surface area (Å²) in [4.78, 5) is 14.7. The van der Waals surface area contributed by atoms with E-state index in [4.69, 9.17) is 4.74 Å². The maximum atomic E-state index is 13.1. The summed E-state index contributed by atoms with van der Waals surface area (Å²) < 4.78 is 20.4. The first-order chi connectivity index (χ1) is 14.4. The summed E-state index contributed by atoms with van der Waals surface area (Å²) in [5.74, 6) is -0.229. The predicted octanol–water partition coefficient (Wildman–Crippen LogP) is 4.02. The SMILES string of the molecule is C.Cc1c(C(=O)Nc2ccc(OCCN(C)C)c(C#N)c2)cnn1-c1ccc(F)cc1. The lowest BCUT2D eigenvalue weighted by molar-refractivity contribution is 0.102. The molecular formula is C23H26FN5O2. The zero-order valence-corrected chi connectivity index (χ0v) is 17.0. The molecule has 0 aliphatic heterocycles. The Morgan fingerprint density at radius 2 is 1.97 bits per heavy atom. The van der Waals surface area contributed by atoms with Gasteiger partial charge in [0, 0.05) is 12.2 Å². The van der Waals surface area contributed by atoms with E-state index in [1.165, 1.54) is 18.3 Å². The van der Waals surface area contributed by atoms with Crippen LogP contribution in [-0.2, 0) is 0 Å². The van der Waals surface area contributed by atoms with Gasteiger partial charge in [-0.2, -0.15) is 10.4 Å². The molecule has 1 amide bonds. The molecule has 0 saturated heterocycles. The third-order valence-electron chi connectivity index (χ3n) is 4.48. The van der Waals surface area contributed by atoms with Crippen molar-refractivity contribution in [3.8, 4) is 17.5 Å². The smallest absolute Gasteiger partial charge is 0.259 e. The van der Waals surface area contributed by atoms with E-state index in [9.17, 15) is 14.4 Å². The van der Waals surface area contributed by atoms with Crippen molar-refractivity contribution in [3.05, 3.63) is 71.3 Å². The number of nitrogens with zero attached hydrogens (tertiary/aromatic N) is 4. The fourth-order valence-electron chi connectivity index (χ4n) is 2.83. The molecule has 162 valence electrons. The quantitative estimate of drug-likeness (QED) is 0.621. The average molecular weight is 423 g/mol. The summed E-state index contributed by atoms with van der Waals surface area (Å²) in [6, 6.07) is 12.9. The molecule has 7 nitrogen and oxygen atoms in total. The van der Waals surface area contributed by atoms with Gasteiger partial charge in [-0.15, -0.1) is 0 Å². The molecule has 3 rings (SSSR count). The Kier molecular flexibility index (Phi) is 7.88. The number of carbonyl (C=O) groups excluding carboxylic acids is 1. The number of rotatable bonds is 7. The highest BCUT2D eigenvalue weighted by atomic mass is 19.1. The Morgan fingerprint density at radius 3 is 2.61 bits per heavy atom. The Labute approximate surface area is 181 Å². The molecule has 0 unspecified atom stereocenters. The largest absolute Gasteiger partial charge is 0.491 e. The number of benzene rings is 2. The summed E-state index contributed by atoms with van der Waals surface area (Å²) in [6.45, 7) is 2.93. The van der Waals surface area contributed by atoms with Crippen LogP contribution in [0.3, 0.4) is 0 Å². The highest BCUT2D eigenvalue weighted by Crippen LogP contribution is 2.23. The lowest BCUT2D eigenvalue weighted by Gasteiger charge is -2.13. The van der Waals surface area contributed by atoms with Crippen LogP contribution in [-0.4, -0.2) is 47.8 Å². The topological polar surface area (TPSA) is 83.2 Å². The first-order valence-electron chi connectivity index (χ1n) is 9.32. The molecule has 0 saturated carbocycles. The minimum Gasteiger partial charge on any atom is -0.491 e. The number of aromatic nitrogens is 2. The Bertz CT molecular complexity index is 1080. The van der Waals surface area contributed by atoms with E-state index >= 15 is 0 Å². The number of hydrogen-bond donors (Lipinski definition) is 1. The molecule has 1 aromatic heterocycles. The lowest BCUT2D eigenvalue weighted by Crippen LogP contribution is -2.19. The highest BCUT2D eigenvalue weighted by Gasteiger charge is 2.16. The van der Waals surface area contributed by atoms with Crippen LogP contribution in [0.4, 0.5) is 10.1 Å². The number of likely N-dealkylation sites (N-methyl/N-ethyl adjacent to an activating group) is 1. The molecule has 1 N–H and O–H groups in total. The minimum atomic E-state index is -0.356. The maximum absolute atomic E-state index is 13.1. The van der Waals surface area contributed by atoms with E-state index in [0.717, 1.165) is 6.54 Å². The van der Waals surface area contributed by atoms with Crippen LogP contribution < -0.4 is 10.1 Å². The summed E-state index contributed by atoms with van der Waals surface area (Å²) >= 11 is 0. The summed E-state index contributed by atoms with van der Waals surface area (Å²) in [5.41, 5.74) is 2.46. The summed E-state index contributed by atoms with van der Waals surface area (Å²) in [7, 11) is 3.88. The average Bonchev–Trinajstić information content (AvgIpc) is 3.10. The Balaban J connectivity index is 0.00000341. The van der Waals surface area contributed by atoms with Gasteiger partial charge in [-0.25, -0.2) is 9.07 Å². The van der Waals surface area contributed by atoms with Crippen LogP contribution in [0.5, 0.6) is 5.75 Å². The molecule has 0 aliphatic carbocycles. The molecule has 3 aromatic rings. The number of hydrogen-bond acceptors (Lipinski definition) is 5. The van der Waals surface area contributed by atoms with Crippen molar-refractivity contribution in [2.75, 3.05) is 32.6 Å².